The number of hydrogen-bond acceptors (Lipinski definition) is 1. The van der Waals surface area contributed by atoms with E-state index in [0.717, 1.165) is 27.5 Å². The molecule has 0 aliphatic rings. The summed E-state index contributed by atoms with van der Waals surface area (Å²) >= 11 is 9.87. The first kappa shape index (κ1) is 15.4. The maximum absolute atomic E-state index is 6.09. The van der Waals surface area contributed by atoms with Gasteiger partial charge in [0, 0.05) is 5.02 Å². The normalized spacial score (nSPS) is 12.3. The molecule has 20 heavy (non-hydrogen) atoms. The van der Waals surface area contributed by atoms with E-state index in [1.165, 1.54) is 11.1 Å². The lowest BCUT2D eigenvalue weighted by atomic mass is 9.99. The first-order chi connectivity index (χ1) is 9.43. The van der Waals surface area contributed by atoms with Gasteiger partial charge < -0.3 is 4.74 Å². The first-order valence-corrected chi connectivity index (χ1v) is 7.78. The summed E-state index contributed by atoms with van der Waals surface area (Å²) in [7, 11) is 1.71. The van der Waals surface area contributed by atoms with Crippen molar-refractivity contribution in [1.29, 1.82) is 0 Å². The first-order valence-electron chi connectivity index (χ1n) is 6.49. The van der Waals surface area contributed by atoms with Crippen LogP contribution < -0.4 is 4.74 Å². The second-order valence-corrected chi connectivity index (χ2v) is 6.38. The molecule has 2 rings (SSSR count). The van der Waals surface area contributed by atoms with Gasteiger partial charge in [-0.1, -0.05) is 51.8 Å². The van der Waals surface area contributed by atoms with E-state index in [1.54, 1.807) is 7.11 Å². The zero-order chi connectivity index (χ0) is 14.9. The molecule has 2 aromatic carbocycles. The van der Waals surface area contributed by atoms with Crippen molar-refractivity contribution in [1.82, 2.24) is 0 Å². The van der Waals surface area contributed by atoms with Crippen LogP contribution in [0.2, 0.25) is 5.02 Å². The molecule has 0 spiro atoms. The highest BCUT2D eigenvalue weighted by Gasteiger charge is 2.14. The molecule has 0 N–H and O–H groups in total. The van der Waals surface area contributed by atoms with E-state index < -0.39 is 0 Å². The van der Waals surface area contributed by atoms with Gasteiger partial charge >= 0.3 is 0 Å². The third-order valence-electron chi connectivity index (χ3n) is 3.45. The number of halogens is 2. The summed E-state index contributed by atoms with van der Waals surface area (Å²) in [4.78, 5) is 0.154. The molecule has 0 bridgehead atoms. The van der Waals surface area contributed by atoms with Gasteiger partial charge in [-0.25, -0.2) is 0 Å². The Morgan fingerprint density at radius 2 is 1.50 bits per heavy atom. The number of ether oxygens (including phenoxy) is 1. The molecule has 0 aromatic heterocycles. The summed E-state index contributed by atoms with van der Waals surface area (Å²) < 4.78 is 5.42. The largest absolute Gasteiger partial charge is 0.496 e. The maximum atomic E-state index is 6.09. The fourth-order valence-electron chi connectivity index (χ4n) is 2.47. The van der Waals surface area contributed by atoms with E-state index in [1.807, 2.05) is 13.0 Å². The molecule has 1 atom stereocenters. The predicted octanol–water partition coefficient (Wildman–Crippen LogP) is 5.76. The molecule has 0 heterocycles. The zero-order valence-corrected chi connectivity index (χ0v) is 14.5. The molecular weight excluding hydrogens is 336 g/mol. The van der Waals surface area contributed by atoms with E-state index in [2.05, 4.69) is 54.0 Å². The summed E-state index contributed by atoms with van der Waals surface area (Å²) in [5.41, 5.74) is 5.82. The number of rotatable bonds is 3. The van der Waals surface area contributed by atoms with Gasteiger partial charge in [0.25, 0.3) is 0 Å². The standard InChI is InChI=1S/C17H18BrClO/c1-10-7-13(5-6-15(10)19)16(18)14-8-11(2)17(20-4)12(3)9-14/h5-9,16H,1-4H3. The Morgan fingerprint density at radius 1 is 0.950 bits per heavy atom. The molecule has 0 aliphatic heterocycles. The molecule has 1 unspecified atom stereocenters. The minimum absolute atomic E-state index is 0.154. The third-order valence-corrected chi connectivity index (χ3v) is 4.94. The smallest absolute Gasteiger partial charge is 0.124 e. The highest BCUT2D eigenvalue weighted by Crippen LogP contribution is 2.36. The van der Waals surface area contributed by atoms with Crippen LogP contribution in [0.1, 0.15) is 32.6 Å². The Balaban J connectivity index is 2.42. The van der Waals surface area contributed by atoms with Crippen LogP contribution in [0.4, 0.5) is 0 Å². The van der Waals surface area contributed by atoms with E-state index in [4.69, 9.17) is 16.3 Å². The van der Waals surface area contributed by atoms with Gasteiger partial charge in [-0.15, -0.1) is 0 Å². The van der Waals surface area contributed by atoms with Gasteiger partial charge in [0.1, 0.15) is 5.75 Å². The molecule has 106 valence electrons. The predicted molar refractivity (Wildman–Crippen MR) is 89.4 cm³/mol. The Labute approximate surface area is 134 Å². The van der Waals surface area contributed by atoms with Crippen molar-refractivity contribution in [2.75, 3.05) is 7.11 Å². The van der Waals surface area contributed by atoms with E-state index >= 15 is 0 Å². The lowest BCUT2D eigenvalue weighted by molar-refractivity contribution is 0.408. The molecule has 0 aliphatic carbocycles. The fourth-order valence-corrected chi connectivity index (χ4v) is 3.14. The lowest BCUT2D eigenvalue weighted by Crippen LogP contribution is -1.98. The van der Waals surface area contributed by atoms with Crippen molar-refractivity contribution in [3.05, 3.63) is 63.2 Å². The summed E-state index contributed by atoms with van der Waals surface area (Å²) in [5.74, 6) is 0.959. The van der Waals surface area contributed by atoms with Crippen LogP contribution in [0, 0.1) is 20.8 Å². The third kappa shape index (κ3) is 3.02. The van der Waals surface area contributed by atoms with E-state index in [9.17, 15) is 0 Å². The van der Waals surface area contributed by atoms with E-state index in [0.29, 0.717) is 0 Å². The summed E-state index contributed by atoms with van der Waals surface area (Å²) in [6.45, 7) is 6.17. The molecule has 0 fully saturated rings. The van der Waals surface area contributed by atoms with Gasteiger partial charge in [-0.05, 0) is 54.7 Å². The van der Waals surface area contributed by atoms with Crippen molar-refractivity contribution >= 4 is 27.5 Å². The minimum Gasteiger partial charge on any atom is -0.496 e. The molecule has 0 amide bonds. The summed E-state index contributed by atoms with van der Waals surface area (Å²) in [6, 6.07) is 10.5. The van der Waals surface area contributed by atoms with Crippen LogP contribution in [0.25, 0.3) is 0 Å². The lowest BCUT2D eigenvalue weighted by Gasteiger charge is -2.16. The Kier molecular flexibility index (Phi) is 4.77. The average Bonchev–Trinajstić information content (AvgIpc) is 2.40. The number of benzene rings is 2. The van der Waals surface area contributed by atoms with Crippen molar-refractivity contribution in [3.63, 3.8) is 0 Å². The summed E-state index contributed by atoms with van der Waals surface area (Å²) in [5, 5.41) is 0.801. The van der Waals surface area contributed by atoms with Crippen molar-refractivity contribution in [2.45, 2.75) is 25.6 Å². The van der Waals surface area contributed by atoms with Gasteiger partial charge in [-0.2, -0.15) is 0 Å². The van der Waals surface area contributed by atoms with Crippen LogP contribution in [0.5, 0.6) is 5.75 Å². The minimum atomic E-state index is 0.154. The van der Waals surface area contributed by atoms with Crippen LogP contribution in [-0.4, -0.2) is 7.11 Å². The van der Waals surface area contributed by atoms with Crippen LogP contribution in [-0.2, 0) is 0 Å². The van der Waals surface area contributed by atoms with Crippen molar-refractivity contribution in [2.24, 2.45) is 0 Å². The second-order valence-electron chi connectivity index (χ2n) is 5.06. The fraction of sp³-hybridized carbons (Fsp3) is 0.294. The number of aryl methyl sites for hydroxylation is 3. The zero-order valence-electron chi connectivity index (χ0n) is 12.1. The summed E-state index contributed by atoms with van der Waals surface area (Å²) in [6.07, 6.45) is 0. The van der Waals surface area contributed by atoms with Crippen LogP contribution in [0.15, 0.2) is 30.3 Å². The molecule has 0 saturated heterocycles. The van der Waals surface area contributed by atoms with Gasteiger partial charge in [0.05, 0.1) is 11.9 Å². The van der Waals surface area contributed by atoms with Gasteiger partial charge in [-0.3, -0.25) is 0 Å². The van der Waals surface area contributed by atoms with Crippen molar-refractivity contribution in [3.8, 4) is 5.75 Å². The topological polar surface area (TPSA) is 9.23 Å². The molecule has 2 aromatic rings. The SMILES string of the molecule is COc1c(C)cc(C(Br)c2ccc(Cl)c(C)c2)cc1C. The second kappa shape index (κ2) is 6.19. The number of alkyl halides is 1. The Hall–Kier alpha value is -0.990. The van der Waals surface area contributed by atoms with E-state index in [-0.39, 0.29) is 4.83 Å². The molecule has 0 saturated carbocycles. The highest BCUT2D eigenvalue weighted by atomic mass is 79.9. The van der Waals surface area contributed by atoms with Gasteiger partial charge in [0.15, 0.2) is 0 Å². The molecule has 1 nitrogen and oxygen atoms in total. The quantitative estimate of drug-likeness (QED) is 0.638. The average molecular weight is 354 g/mol. The highest BCUT2D eigenvalue weighted by molar-refractivity contribution is 9.09. The van der Waals surface area contributed by atoms with Crippen LogP contribution >= 0.6 is 27.5 Å². The van der Waals surface area contributed by atoms with Crippen LogP contribution in [0.3, 0.4) is 0 Å². The molecule has 3 heteroatoms. The number of methoxy groups -OCH3 is 1. The van der Waals surface area contributed by atoms with Gasteiger partial charge in [0.2, 0.25) is 0 Å². The maximum Gasteiger partial charge on any atom is 0.124 e. The monoisotopic (exact) mass is 352 g/mol. The Morgan fingerprint density at radius 3 is 2.00 bits per heavy atom. The number of hydrogen-bond donors (Lipinski definition) is 0. The Bertz CT molecular complexity index is 614. The van der Waals surface area contributed by atoms with Crippen molar-refractivity contribution < 1.29 is 4.74 Å². The molecule has 0 radical (unpaired) electrons. The molecular formula is C17H18BrClO.